The smallest absolute Gasteiger partial charge is 0 e. The normalized spacial score (nSPS) is 5.00. The minimum Gasteiger partial charge on any atom is -1.00 e. The van der Waals surface area contributed by atoms with E-state index in [2.05, 4.69) is 0 Å². The Bertz CT molecular complexity index is 66.9. The Kier molecular flexibility index (Phi) is 21.3. The van der Waals surface area contributed by atoms with Crippen molar-refractivity contribution in [1.82, 2.24) is 0 Å². The summed E-state index contributed by atoms with van der Waals surface area (Å²) in [5.41, 5.74) is 0. The molecule has 0 heterocycles. The van der Waals surface area contributed by atoms with Gasteiger partial charge in [0, 0.05) is 25.8 Å². The Hall–Kier alpha value is 0.800. The first kappa shape index (κ1) is 15.9. The Morgan fingerprint density at radius 2 is 1.25 bits per heavy atom. The van der Waals surface area contributed by atoms with Crippen LogP contribution in [0.4, 0.5) is 0 Å². The summed E-state index contributed by atoms with van der Waals surface area (Å²) < 4.78 is 0. The summed E-state index contributed by atoms with van der Waals surface area (Å²) >= 11 is 0. The number of rotatable bonds is 0. The molecule has 0 fully saturated rings. The molecule has 3 heteroatoms. The zero-order valence-electron chi connectivity index (χ0n) is 4.14. The molecule has 1 rings (SSSR count). The van der Waals surface area contributed by atoms with Gasteiger partial charge in [-0.25, -0.2) is 12.1 Å². The van der Waals surface area contributed by atoms with E-state index in [0.717, 1.165) is 0 Å². The van der Waals surface area contributed by atoms with E-state index in [1.165, 1.54) is 0 Å². The second kappa shape index (κ2) is 10.7. The third-order valence-electron chi connectivity index (χ3n) is 0.556. The van der Waals surface area contributed by atoms with Crippen LogP contribution >= 0.6 is 0 Å². The Labute approximate surface area is 80.6 Å². The van der Waals surface area contributed by atoms with Gasteiger partial charge in [0.1, 0.15) is 0 Å². The first-order valence-electron chi connectivity index (χ1n) is 1.67. The minimum absolute atomic E-state index is 0. The molecule has 8 heavy (non-hydrogen) atoms. The van der Waals surface area contributed by atoms with Gasteiger partial charge in [0.25, 0.3) is 0 Å². The van der Waals surface area contributed by atoms with E-state index in [1.54, 1.807) is 0 Å². The molecule has 0 spiro atoms. The van der Waals surface area contributed by atoms with Gasteiger partial charge in [-0.3, -0.25) is 0 Å². The van der Waals surface area contributed by atoms with E-state index in [-0.39, 0.29) is 50.7 Å². The Balaban J connectivity index is -0.0000000833. The van der Waals surface area contributed by atoms with Crippen LogP contribution in [0, 0.1) is 0 Å². The summed E-state index contributed by atoms with van der Waals surface area (Å²) in [6.07, 6.45) is 0. The third kappa shape index (κ3) is 6.80. The molecule has 0 N–H and O–H groups in total. The van der Waals surface area contributed by atoms with Gasteiger partial charge in [-0.05, 0) is 0 Å². The van der Waals surface area contributed by atoms with Crippen LogP contribution in [0.5, 0.6) is 0 Å². The second-order valence-corrected chi connectivity index (χ2v) is 0.962. The largest absolute Gasteiger partial charge is 1.00 e. The van der Waals surface area contributed by atoms with Crippen molar-refractivity contribution in [2.24, 2.45) is 0 Å². The molecule has 0 aliphatic heterocycles. The molecule has 0 saturated carbocycles. The molecule has 46 valence electrons. The Morgan fingerprint density at radius 3 is 1.38 bits per heavy atom. The maximum absolute atomic E-state index is 2.00. The molecule has 0 aliphatic carbocycles. The molecule has 1 aromatic rings. The quantitative estimate of drug-likeness (QED) is 0.334. The topological polar surface area (TPSA) is 0 Å². The fourth-order valence-electron chi connectivity index (χ4n) is 0.321. The van der Waals surface area contributed by atoms with Crippen LogP contribution in [-0.4, -0.2) is 0 Å². The molecule has 0 nitrogen and oxygen atoms in total. The van der Waals surface area contributed by atoms with Crippen LogP contribution in [0.2, 0.25) is 0 Å². The maximum Gasteiger partial charge on any atom is 0 e. The monoisotopic (exact) mass is 315 g/mol. The maximum atomic E-state index is 2.00. The zero-order valence-corrected chi connectivity index (χ0v) is 9.25. The summed E-state index contributed by atoms with van der Waals surface area (Å²) in [6, 6.07) is 10.0. The van der Waals surface area contributed by atoms with E-state index >= 15 is 0 Å². The summed E-state index contributed by atoms with van der Waals surface area (Å²) in [5, 5.41) is 0. The van der Waals surface area contributed by atoms with Crippen molar-refractivity contribution in [1.29, 1.82) is 0 Å². The molecule has 0 aromatic heterocycles. The van der Waals surface area contributed by atoms with Gasteiger partial charge < -0.3 is 24.8 Å². The van der Waals surface area contributed by atoms with Crippen LogP contribution in [0.25, 0.3) is 0 Å². The molecule has 0 radical (unpaired) electrons. The van der Waals surface area contributed by atoms with Crippen LogP contribution < -0.4 is 24.8 Å². The predicted octanol–water partition coefficient (Wildman–Crippen LogP) is -4.59. The van der Waals surface area contributed by atoms with Crippen molar-refractivity contribution in [2.45, 2.75) is 0 Å². The third-order valence-corrected chi connectivity index (χ3v) is 0.556. The second-order valence-electron chi connectivity index (χ2n) is 0.962. The summed E-state index contributed by atoms with van der Waals surface area (Å²) in [7, 11) is 0. The molecule has 0 aliphatic rings. The van der Waals surface area contributed by atoms with Crippen molar-refractivity contribution in [3.63, 3.8) is 0 Å². The van der Waals surface area contributed by atoms with Crippen LogP contribution in [0.3, 0.4) is 0 Å². The summed E-state index contributed by atoms with van der Waals surface area (Å²) in [4.78, 5) is 0. The van der Waals surface area contributed by atoms with Crippen LogP contribution in [0.1, 0.15) is 0 Å². The summed E-state index contributed by atoms with van der Waals surface area (Å²) in [6.45, 7) is 0. The first-order chi connectivity index (χ1) is 2.50. The first-order valence-corrected chi connectivity index (χ1v) is 1.67. The van der Waals surface area contributed by atoms with Gasteiger partial charge in [0.15, 0.2) is 0 Å². The number of halogens is 2. The van der Waals surface area contributed by atoms with E-state index in [9.17, 15) is 0 Å². The van der Waals surface area contributed by atoms with Crippen molar-refractivity contribution in [3.8, 4) is 0 Å². The van der Waals surface area contributed by atoms with E-state index in [1.807, 2.05) is 30.3 Å². The van der Waals surface area contributed by atoms with E-state index < -0.39 is 0 Å². The van der Waals surface area contributed by atoms with Crippen molar-refractivity contribution < 1.29 is 50.7 Å². The van der Waals surface area contributed by atoms with Gasteiger partial charge in [0.05, 0.1) is 0 Å². The van der Waals surface area contributed by atoms with Gasteiger partial charge >= 0.3 is 0 Å². The van der Waals surface area contributed by atoms with Gasteiger partial charge in [-0.1, -0.05) is 0 Å². The number of hydrogen-bond acceptors (Lipinski definition) is 0. The van der Waals surface area contributed by atoms with Crippen molar-refractivity contribution >= 4 is 0 Å². The zero-order chi connectivity index (χ0) is 3.54. The molecule has 0 atom stereocenters. The molecule has 0 amide bonds. The minimum atomic E-state index is 0. The van der Waals surface area contributed by atoms with Crippen LogP contribution in [-0.2, 0) is 25.8 Å². The van der Waals surface area contributed by atoms with Crippen LogP contribution in [0.15, 0.2) is 30.3 Å². The van der Waals surface area contributed by atoms with Gasteiger partial charge in [-0.15, -0.1) is 0 Å². The fourth-order valence-corrected chi connectivity index (χ4v) is 0.321. The summed E-state index contributed by atoms with van der Waals surface area (Å²) in [5.74, 6) is 0. The average Bonchev–Trinajstić information content (AvgIpc) is 1.76. The van der Waals surface area contributed by atoms with Gasteiger partial charge in [-0.2, -0.15) is 18.2 Å². The Morgan fingerprint density at radius 1 is 0.875 bits per heavy atom. The van der Waals surface area contributed by atoms with Crippen molar-refractivity contribution in [3.05, 3.63) is 30.3 Å². The average molecular weight is 314 g/mol. The van der Waals surface area contributed by atoms with Crippen molar-refractivity contribution in [2.75, 3.05) is 0 Å². The molecule has 1 aromatic carbocycles. The molecule has 0 saturated heterocycles. The SMILES string of the molecule is [Cl-].[Cl-].[Hf].c1cc[cH-]c1. The molecular weight excluding hydrogens is 309 g/mol. The number of hydrogen-bond donors (Lipinski definition) is 0. The van der Waals surface area contributed by atoms with Gasteiger partial charge in [0.2, 0.25) is 0 Å². The van der Waals surface area contributed by atoms with E-state index in [4.69, 9.17) is 0 Å². The predicted molar refractivity (Wildman–Crippen MR) is 22.0 cm³/mol. The van der Waals surface area contributed by atoms with E-state index in [0.29, 0.717) is 0 Å². The molecule has 0 bridgehead atoms. The fraction of sp³-hybridized carbons (Fsp3) is 0. The molecular formula is C5H5Cl2Hf-3. The standard InChI is InChI=1S/C5H5.2ClH.Hf/c1-2-4-5-3-1;;;/h1-5H;2*1H;/q-1;;;/p-2. The molecule has 0 unspecified atom stereocenters.